The number of amides is 1. The summed E-state index contributed by atoms with van der Waals surface area (Å²) in [6.07, 6.45) is 3.96. The Kier molecular flexibility index (Phi) is 4.90. The van der Waals surface area contributed by atoms with E-state index in [1.807, 2.05) is 18.2 Å². The summed E-state index contributed by atoms with van der Waals surface area (Å²) in [6.45, 7) is 0. The number of carbonyl (C=O) groups excluding carboxylic acids is 1. The maximum absolute atomic E-state index is 12.2. The van der Waals surface area contributed by atoms with Gasteiger partial charge < -0.3 is 16.0 Å². The molecule has 122 valence electrons. The SMILES string of the molecule is Cl.Nc1ccc2c(c1)CCCC2NC(=O)c1cc([N+](=O)[O-])c[nH]1. The molecule has 1 atom stereocenters. The van der Waals surface area contributed by atoms with E-state index in [1.54, 1.807) is 0 Å². The van der Waals surface area contributed by atoms with Gasteiger partial charge in [-0.15, -0.1) is 12.4 Å². The molecule has 0 fully saturated rings. The first-order chi connectivity index (χ1) is 10.5. The van der Waals surface area contributed by atoms with E-state index in [-0.39, 0.29) is 35.7 Å². The van der Waals surface area contributed by atoms with E-state index in [0.29, 0.717) is 5.69 Å². The van der Waals surface area contributed by atoms with Crippen LogP contribution in [0.4, 0.5) is 11.4 Å². The Morgan fingerprint density at radius 3 is 2.87 bits per heavy atom. The van der Waals surface area contributed by atoms with Crippen molar-refractivity contribution in [2.75, 3.05) is 5.73 Å². The Morgan fingerprint density at radius 1 is 1.39 bits per heavy atom. The zero-order valence-corrected chi connectivity index (χ0v) is 13.1. The smallest absolute Gasteiger partial charge is 0.287 e. The maximum Gasteiger partial charge on any atom is 0.287 e. The number of aromatic amines is 1. The minimum atomic E-state index is -0.536. The molecule has 0 saturated heterocycles. The number of fused-ring (bicyclic) bond motifs is 1. The number of hydrogen-bond donors (Lipinski definition) is 3. The van der Waals surface area contributed by atoms with Gasteiger partial charge in [-0.1, -0.05) is 6.07 Å². The molecule has 2 aromatic rings. The van der Waals surface area contributed by atoms with Crippen molar-refractivity contribution in [3.05, 3.63) is 57.4 Å². The van der Waals surface area contributed by atoms with E-state index >= 15 is 0 Å². The number of benzene rings is 1. The molecule has 0 bridgehead atoms. The largest absolute Gasteiger partial charge is 0.399 e. The number of aryl methyl sites for hydroxylation is 1. The highest BCUT2D eigenvalue weighted by Gasteiger charge is 2.23. The summed E-state index contributed by atoms with van der Waals surface area (Å²) in [5.74, 6) is -0.345. The molecule has 1 unspecified atom stereocenters. The van der Waals surface area contributed by atoms with Crippen LogP contribution in [-0.2, 0) is 6.42 Å². The van der Waals surface area contributed by atoms with E-state index in [9.17, 15) is 14.9 Å². The summed E-state index contributed by atoms with van der Waals surface area (Å²) < 4.78 is 0. The number of nitrogens with zero attached hydrogens (tertiary/aromatic N) is 1. The molecule has 1 aliphatic carbocycles. The van der Waals surface area contributed by atoms with E-state index in [4.69, 9.17) is 5.73 Å². The molecular weight excluding hydrogens is 320 g/mol. The second-order valence-corrected chi connectivity index (χ2v) is 5.41. The van der Waals surface area contributed by atoms with Crippen molar-refractivity contribution in [3.8, 4) is 0 Å². The molecule has 0 radical (unpaired) electrons. The molecule has 4 N–H and O–H groups in total. The van der Waals surface area contributed by atoms with Gasteiger partial charge in [0.2, 0.25) is 0 Å². The second-order valence-electron chi connectivity index (χ2n) is 5.41. The fourth-order valence-corrected chi connectivity index (χ4v) is 2.84. The van der Waals surface area contributed by atoms with Gasteiger partial charge >= 0.3 is 0 Å². The van der Waals surface area contributed by atoms with Gasteiger partial charge in [-0.3, -0.25) is 14.9 Å². The standard InChI is InChI=1S/C15H16N4O3.ClH/c16-10-4-5-12-9(6-10)2-1-3-13(12)18-15(20)14-7-11(8-17-14)19(21)22;/h4-8,13,17H,1-3,16H2,(H,18,20);1H. The highest BCUT2D eigenvalue weighted by atomic mass is 35.5. The molecule has 0 spiro atoms. The first-order valence-corrected chi connectivity index (χ1v) is 7.06. The minimum Gasteiger partial charge on any atom is -0.399 e. The van der Waals surface area contributed by atoms with Crippen LogP contribution in [0, 0.1) is 10.1 Å². The lowest BCUT2D eigenvalue weighted by Crippen LogP contribution is -2.31. The fraction of sp³-hybridized carbons (Fsp3) is 0.267. The Labute approximate surface area is 138 Å². The molecule has 0 saturated carbocycles. The zero-order valence-electron chi connectivity index (χ0n) is 12.2. The van der Waals surface area contributed by atoms with Crippen LogP contribution >= 0.6 is 12.4 Å². The van der Waals surface area contributed by atoms with Crippen molar-refractivity contribution in [3.63, 3.8) is 0 Å². The monoisotopic (exact) mass is 336 g/mol. The third-order valence-corrected chi connectivity index (χ3v) is 3.91. The average molecular weight is 337 g/mol. The first kappa shape index (κ1) is 16.8. The second kappa shape index (κ2) is 6.70. The number of halogens is 1. The quantitative estimate of drug-likeness (QED) is 0.454. The van der Waals surface area contributed by atoms with E-state index < -0.39 is 4.92 Å². The topological polar surface area (TPSA) is 114 Å². The van der Waals surface area contributed by atoms with Crippen molar-refractivity contribution in [1.29, 1.82) is 0 Å². The van der Waals surface area contributed by atoms with Crippen LogP contribution in [0.3, 0.4) is 0 Å². The van der Waals surface area contributed by atoms with Crippen molar-refractivity contribution in [1.82, 2.24) is 10.3 Å². The van der Waals surface area contributed by atoms with Crippen LogP contribution in [-0.4, -0.2) is 15.8 Å². The van der Waals surface area contributed by atoms with Gasteiger partial charge in [-0.2, -0.15) is 0 Å². The lowest BCUT2D eigenvalue weighted by Gasteiger charge is -2.26. The number of carbonyl (C=O) groups is 1. The van der Waals surface area contributed by atoms with Crippen molar-refractivity contribution >= 4 is 29.7 Å². The molecular formula is C15H17ClN4O3. The summed E-state index contributed by atoms with van der Waals surface area (Å²) in [5.41, 5.74) is 8.79. The summed E-state index contributed by atoms with van der Waals surface area (Å²) >= 11 is 0. The van der Waals surface area contributed by atoms with Gasteiger partial charge in [0.15, 0.2) is 0 Å². The van der Waals surface area contributed by atoms with Gasteiger partial charge in [0.1, 0.15) is 5.69 Å². The van der Waals surface area contributed by atoms with Gasteiger partial charge in [-0.05, 0) is 42.5 Å². The molecule has 23 heavy (non-hydrogen) atoms. The molecule has 1 heterocycles. The highest BCUT2D eigenvalue weighted by Crippen LogP contribution is 2.31. The van der Waals surface area contributed by atoms with Crippen LogP contribution in [0.2, 0.25) is 0 Å². The number of nitrogens with two attached hydrogens (primary N) is 1. The summed E-state index contributed by atoms with van der Waals surface area (Å²) in [5, 5.41) is 13.6. The molecule has 7 nitrogen and oxygen atoms in total. The van der Waals surface area contributed by atoms with Gasteiger partial charge in [0.05, 0.1) is 17.2 Å². The van der Waals surface area contributed by atoms with E-state index in [2.05, 4.69) is 10.3 Å². The summed E-state index contributed by atoms with van der Waals surface area (Å²) in [4.78, 5) is 25.0. The van der Waals surface area contributed by atoms with Gasteiger partial charge in [0, 0.05) is 11.8 Å². The predicted octanol–water partition coefficient (Wildman–Crippen LogP) is 2.73. The number of aromatic nitrogens is 1. The zero-order chi connectivity index (χ0) is 15.7. The Bertz CT molecular complexity index is 744. The van der Waals surface area contributed by atoms with E-state index in [1.165, 1.54) is 12.3 Å². The number of rotatable bonds is 3. The van der Waals surface area contributed by atoms with Crippen LogP contribution in [0.5, 0.6) is 0 Å². The van der Waals surface area contributed by atoms with Crippen LogP contribution < -0.4 is 11.1 Å². The average Bonchev–Trinajstić information content (AvgIpc) is 2.97. The minimum absolute atomic E-state index is 0. The molecule has 8 heteroatoms. The fourth-order valence-electron chi connectivity index (χ4n) is 2.84. The Morgan fingerprint density at radius 2 is 2.17 bits per heavy atom. The van der Waals surface area contributed by atoms with Crippen LogP contribution in [0.25, 0.3) is 0 Å². The number of nitrogens with one attached hydrogen (secondary N) is 2. The lowest BCUT2D eigenvalue weighted by molar-refractivity contribution is -0.384. The third-order valence-electron chi connectivity index (χ3n) is 3.91. The molecule has 1 aliphatic rings. The van der Waals surface area contributed by atoms with Crippen LogP contribution in [0.15, 0.2) is 30.5 Å². The summed E-state index contributed by atoms with van der Waals surface area (Å²) in [7, 11) is 0. The highest BCUT2D eigenvalue weighted by molar-refractivity contribution is 5.93. The normalized spacial score (nSPS) is 16.1. The molecule has 1 aromatic carbocycles. The number of nitrogen functional groups attached to an aromatic ring is 1. The van der Waals surface area contributed by atoms with E-state index in [0.717, 1.165) is 30.4 Å². The van der Waals surface area contributed by atoms with Crippen molar-refractivity contribution in [2.45, 2.75) is 25.3 Å². The Balaban J connectivity index is 0.00000192. The third kappa shape index (κ3) is 3.45. The Hall–Kier alpha value is -2.54. The van der Waals surface area contributed by atoms with Crippen molar-refractivity contribution in [2.24, 2.45) is 0 Å². The lowest BCUT2D eigenvalue weighted by atomic mass is 9.87. The van der Waals surface area contributed by atoms with Gasteiger partial charge in [0.25, 0.3) is 11.6 Å². The number of H-pyrrole nitrogens is 1. The number of hydrogen-bond acceptors (Lipinski definition) is 4. The molecule has 3 rings (SSSR count). The number of nitro groups is 1. The maximum atomic E-state index is 12.2. The molecule has 1 aromatic heterocycles. The molecule has 0 aliphatic heterocycles. The summed E-state index contributed by atoms with van der Waals surface area (Å²) in [6, 6.07) is 6.84. The van der Waals surface area contributed by atoms with Crippen molar-refractivity contribution < 1.29 is 9.72 Å². The first-order valence-electron chi connectivity index (χ1n) is 7.06. The van der Waals surface area contributed by atoms with Gasteiger partial charge in [-0.25, -0.2) is 0 Å². The number of anilines is 1. The molecule has 1 amide bonds. The van der Waals surface area contributed by atoms with Crippen LogP contribution in [0.1, 0.15) is 40.5 Å². The predicted molar refractivity (Wildman–Crippen MR) is 88.7 cm³/mol.